The van der Waals surface area contributed by atoms with Crippen LogP contribution in [-0.4, -0.2) is 46.2 Å². The van der Waals surface area contributed by atoms with Crippen LogP contribution in [0.1, 0.15) is 49.6 Å². The van der Waals surface area contributed by atoms with Gasteiger partial charge in [-0.2, -0.15) is 5.26 Å². The molecule has 3 atom stereocenters. The zero-order chi connectivity index (χ0) is 24.9. The van der Waals surface area contributed by atoms with Gasteiger partial charge in [-0.25, -0.2) is 9.37 Å². The molecule has 1 fully saturated rings. The van der Waals surface area contributed by atoms with Crippen LogP contribution in [0.5, 0.6) is 5.75 Å². The molecule has 0 aliphatic carbocycles. The van der Waals surface area contributed by atoms with Gasteiger partial charge in [0.05, 0.1) is 11.6 Å². The number of nitrogens with zero attached hydrogens (tertiary/aromatic N) is 5. The van der Waals surface area contributed by atoms with Gasteiger partial charge in [0.2, 0.25) is 5.75 Å². The van der Waals surface area contributed by atoms with Crippen LogP contribution in [0.3, 0.4) is 0 Å². The Labute approximate surface area is 204 Å². The number of nitriles is 1. The Morgan fingerprint density at radius 2 is 2.06 bits per heavy atom. The molecule has 1 saturated heterocycles. The number of benzene rings is 1. The molecule has 2 aliphatic heterocycles. The Bertz CT molecular complexity index is 1400. The maximum Gasteiger partial charge on any atom is 0.295 e. The van der Waals surface area contributed by atoms with Crippen LogP contribution in [-0.2, 0) is 7.05 Å². The number of aryl methyl sites for hydroxylation is 2. The van der Waals surface area contributed by atoms with E-state index in [2.05, 4.69) is 34.7 Å². The van der Waals surface area contributed by atoms with Crippen LogP contribution in [0, 0.1) is 24.1 Å². The lowest BCUT2D eigenvalue weighted by Gasteiger charge is -2.51. The second-order valence-electron chi connectivity index (χ2n) is 9.53. The third kappa shape index (κ3) is 3.75. The van der Waals surface area contributed by atoms with Gasteiger partial charge in [-0.05, 0) is 49.1 Å². The van der Waals surface area contributed by atoms with Gasteiger partial charge in [-0.3, -0.25) is 9.69 Å². The third-order valence-electron chi connectivity index (χ3n) is 7.57. The summed E-state index contributed by atoms with van der Waals surface area (Å²) in [5, 5.41) is 9.45. The lowest BCUT2D eigenvalue weighted by molar-refractivity contribution is 0.0718. The Balaban J connectivity index is 1.58. The highest BCUT2D eigenvalue weighted by Gasteiger charge is 2.42. The molecule has 5 rings (SSSR count). The van der Waals surface area contributed by atoms with Gasteiger partial charge in [-0.15, -0.1) is 0 Å². The lowest BCUT2D eigenvalue weighted by Crippen LogP contribution is -2.62. The summed E-state index contributed by atoms with van der Waals surface area (Å²) in [6.07, 6.45) is 1.77. The topological polar surface area (TPSA) is 74.4 Å². The SMILES string of the molecule is CC[C@@H]1CN2c3c(c(=O)n(C)c4ccc(C#N)nc34)OC[C@@H]2CN1[C@H](CC)c1ccc(C)c(F)c1. The van der Waals surface area contributed by atoms with Gasteiger partial charge in [0.25, 0.3) is 5.56 Å². The molecule has 0 amide bonds. The van der Waals surface area contributed by atoms with E-state index < -0.39 is 0 Å². The van der Waals surface area contributed by atoms with Crippen molar-refractivity contribution in [1.29, 1.82) is 5.26 Å². The van der Waals surface area contributed by atoms with Crippen LogP contribution in [0.4, 0.5) is 10.1 Å². The summed E-state index contributed by atoms with van der Waals surface area (Å²) in [7, 11) is 1.70. The normalized spacial score (nSPS) is 20.6. The molecular weight excluding hydrogens is 445 g/mol. The third-order valence-corrected chi connectivity index (χ3v) is 7.57. The highest BCUT2D eigenvalue weighted by Crippen LogP contribution is 2.41. The molecule has 1 aromatic carbocycles. The number of piperazine rings is 1. The predicted octanol–water partition coefficient (Wildman–Crippen LogP) is 4.07. The summed E-state index contributed by atoms with van der Waals surface area (Å²) in [5.74, 6) is 0.124. The van der Waals surface area contributed by atoms with Crippen molar-refractivity contribution in [2.45, 2.75) is 51.7 Å². The molecule has 0 N–H and O–H groups in total. The quantitative estimate of drug-likeness (QED) is 0.567. The molecule has 182 valence electrons. The molecule has 2 aliphatic rings. The lowest BCUT2D eigenvalue weighted by atomic mass is 9.94. The molecule has 3 aromatic rings. The molecule has 8 heteroatoms. The van der Waals surface area contributed by atoms with E-state index in [0.29, 0.717) is 46.9 Å². The Hall–Kier alpha value is -3.44. The van der Waals surface area contributed by atoms with Gasteiger partial charge in [0.1, 0.15) is 35.4 Å². The Morgan fingerprint density at radius 3 is 2.74 bits per heavy atom. The minimum absolute atomic E-state index is 0.0116. The summed E-state index contributed by atoms with van der Waals surface area (Å²) >= 11 is 0. The maximum atomic E-state index is 14.4. The zero-order valence-electron chi connectivity index (χ0n) is 20.6. The number of halogens is 1. The highest BCUT2D eigenvalue weighted by molar-refractivity contribution is 5.93. The summed E-state index contributed by atoms with van der Waals surface area (Å²) < 4.78 is 22.0. The number of anilines is 1. The van der Waals surface area contributed by atoms with Crippen molar-refractivity contribution in [2.24, 2.45) is 7.05 Å². The number of hydrogen-bond donors (Lipinski definition) is 0. The highest BCUT2D eigenvalue weighted by atomic mass is 19.1. The van der Waals surface area contributed by atoms with Crippen molar-refractivity contribution >= 4 is 16.7 Å². The van der Waals surface area contributed by atoms with Crippen molar-refractivity contribution in [3.8, 4) is 11.8 Å². The van der Waals surface area contributed by atoms with Gasteiger partial charge in [-0.1, -0.05) is 26.0 Å². The van der Waals surface area contributed by atoms with Crippen LogP contribution < -0.4 is 15.2 Å². The molecule has 0 radical (unpaired) electrons. The summed E-state index contributed by atoms with van der Waals surface area (Å²) in [5.41, 5.74) is 3.71. The molecule has 35 heavy (non-hydrogen) atoms. The number of ether oxygens (including phenoxy) is 1. The Kier molecular flexibility index (Phi) is 5.97. The van der Waals surface area contributed by atoms with Crippen molar-refractivity contribution in [1.82, 2.24) is 14.5 Å². The van der Waals surface area contributed by atoms with E-state index in [1.807, 2.05) is 12.1 Å². The van der Waals surface area contributed by atoms with E-state index in [1.165, 1.54) is 4.57 Å². The van der Waals surface area contributed by atoms with Gasteiger partial charge >= 0.3 is 0 Å². The standard InChI is InChI=1S/C27H30FN5O2/c1-5-19-13-33-20(14-32(19)22(6-2)17-8-7-16(3)21(28)11-17)15-35-26-25(33)24-23(31(4)27(26)34)10-9-18(12-29)30-24/h7-11,19-20,22H,5-6,13-15H2,1-4H3/t19-,20+,22-/m1/s1. The largest absolute Gasteiger partial charge is 0.484 e. The maximum absolute atomic E-state index is 14.4. The molecular formula is C27H30FN5O2. The number of hydrogen-bond acceptors (Lipinski definition) is 6. The molecule has 0 spiro atoms. The van der Waals surface area contributed by atoms with Crippen molar-refractivity contribution in [3.05, 3.63) is 63.3 Å². The van der Waals surface area contributed by atoms with E-state index in [9.17, 15) is 14.4 Å². The molecule has 2 aromatic heterocycles. The number of fused-ring (bicyclic) bond motifs is 5. The van der Waals surface area contributed by atoms with Crippen molar-refractivity contribution < 1.29 is 9.13 Å². The van der Waals surface area contributed by atoms with Crippen molar-refractivity contribution in [2.75, 3.05) is 24.6 Å². The van der Waals surface area contributed by atoms with Crippen LogP contribution in [0.2, 0.25) is 0 Å². The first-order chi connectivity index (χ1) is 16.9. The first-order valence-corrected chi connectivity index (χ1v) is 12.2. The first-order valence-electron chi connectivity index (χ1n) is 12.2. The summed E-state index contributed by atoms with van der Waals surface area (Å²) in [6.45, 7) is 7.89. The van der Waals surface area contributed by atoms with Gasteiger partial charge in [0, 0.05) is 32.2 Å². The van der Waals surface area contributed by atoms with E-state index >= 15 is 0 Å². The van der Waals surface area contributed by atoms with E-state index in [0.717, 1.165) is 24.9 Å². The fraction of sp³-hybridized carbons (Fsp3) is 0.444. The fourth-order valence-electron chi connectivity index (χ4n) is 5.62. The van der Waals surface area contributed by atoms with Gasteiger partial charge < -0.3 is 14.2 Å². The number of aromatic nitrogens is 2. The van der Waals surface area contributed by atoms with Crippen LogP contribution >= 0.6 is 0 Å². The molecule has 0 bridgehead atoms. The summed E-state index contributed by atoms with van der Waals surface area (Å²) in [4.78, 5) is 22.5. The molecule has 0 unspecified atom stereocenters. The average Bonchev–Trinajstić information content (AvgIpc) is 2.88. The second kappa shape index (κ2) is 8.97. The zero-order valence-corrected chi connectivity index (χ0v) is 20.6. The minimum atomic E-state index is -0.200. The van der Waals surface area contributed by atoms with Crippen LogP contribution in [0.25, 0.3) is 11.0 Å². The predicted molar refractivity (Wildman–Crippen MR) is 133 cm³/mol. The second-order valence-corrected chi connectivity index (χ2v) is 9.53. The monoisotopic (exact) mass is 475 g/mol. The fourth-order valence-corrected chi connectivity index (χ4v) is 5.62. The van der Waals surface area contributed by atoms with Gasteiger partial charge in [0.15, 0.2) is 0 Å². The van der Waals surface area contributed by atoms with E-state index in [4.69, 9.17) is 4.74 Å². The van der Waals surface area contributed by atoms with E-state index in [-0.39, 0.29) is 29.5 Å². The first kappa shape index (κ1) is 23.3. The van der Waals surface area contributed by atoms with Crippen molar-refractivity contribution in [3.63, 3.8) is 0 Å². The van der Waals surface area contributed by atoms with Crippen LogP contribution in [0.15, 0.2) is 35.1 Å². The average molecular weight is 476 g/mol. The molecule has 0 saturated carbocycles. The number of pyridine rings is 2. The molecule has 4 heterocycles. The van der Waals surface area contributed by atoms with E-state index in [1.54, 1.807) is 32.2 Å². The number of rotatable bonds is 4. The summed E-state index contributed by atoms with van der Waals surface area (Å²) in [6, 6.07) is 11.4. The smallest absolute Gasteiger partial charge is 0.295 e. The Morgan fingerprint density at radius 1 is 1.26 bits per heavy atom. The minimum Gasteiger partial charge on any atom is -0.484 e. The molecule has 7 nitrogen and oxygen atoms in total.